The van der Waals surface area contributed by atoms with E-state index in [-0.39, 0.29) is 30.6 Å². The quantitative estimate of drug-likeness (QED) is 0.608. The number of pyridine rings is 1. The summed E-state index contributed by atoms with van der Waals surface area (Å²) >= 11 is 5.90. The van der Waals surface area contributed by atoms with Crippen LogP contribution in [0.25, 0.3) is 0 Å². The Morgan fingerprint density at radius 3 is 2.89 bits per heavy atom. The molecule has 1 aromatic heterocycles. The number of carbonyl (C=O) groups excluding carboxylic acids is 3. The van der Waals surface area contributed by atoms with E-state index in [9.17, 15) is 14.4 Å². The summed E-state index contributed by atoms with van der Waals surface area (Å²) in [4.78, 5) is 42.1. The number of carbonyl (C=O) groups is 3. The van der Waals surface area contributed by atoms with Crippen molar-refractivity contribution < 1.29 is 23.9 Å². The zero-order valence-electron chi connectivity index (χ0n) is 15.1. The number of rotatable bonds is 5. The molecule has 0 radical (unpaired) electrons. The second-order valence-electron chi connectivity index (χ2n) is 6.01. The first-order valence-electron chi connectivity index (χ1n) is 8.59. The third-order valence-electron chi connectivity index (χ3n) is 4.01. The predicted octanol–water partition coefficient (Wildman–Crippen LogP) is 2.42. The minimum atomic E-state index is -1.09. The molecule has 28 heavy (non-hydrogen) atoms. The SMILES string of the molecule is C[C@@H](OC(=O)CN1C(=O)CCOc2ccccc21)C(=O)Nc1cccnc1Cl. The molecule has 0 saturated carbocycles. The summed E-state index contributed by atoms with van der Waals surface area (Å²) < 4.78 is 10.7. The minimum Gasteiger partial charge on any atom is -0.491 e. The highest BCUT2D eigenvalue weighted by Gasteiger charge is 2.27. The number of para-hydroxylation sites is 2. The van der Waals surface area contributed by atoms with E-state index >= 15 is 0 Å². The highest BCUT2D eigenvalue weighted by molar-refractivity contribution is 6.32. The zero-order valence-corrected chi connectivity index (χ0v) is 15.8. The van der Waals surface area contributed by atoms with E-state index in [4.69, 9.17) is 21.1 Å². The Morgan fingerprint density at radius 1 is 1.32 bits per heavy atom. The van der Waals surface area contributed by atoms with Gasteiger partial charge < -0.3 is 14.8 Å². The molecule has 0 fully saturated rings. The Labute approximate surface area is 166 Å². The van der Waals surface area contributed by atoms with E-state index in [2.05, 4.69) is 10.3 Å². The summed E-state index contributed by atoms with van der Waals surface area (Å²) in [7, 11) is 0. The van der Waals surface area contributed by atoms with Crippen LogP contribution < -0.4 is 15.0 Å². The number of aromatic nitrogens is 1. The molecular weight excluding hydrogens is 386 g/mol. The average Bonchev–Trinajstić information content (AvgIpc) is 2.82. The van der Waals surface area contributed by atoms with Gasteiger partial charge in [-0.15, -0.1) is 0 Å². The van der Waals surface area contributed by atoms with Crippen molar-refractivity contribution in [1.29, 1.82) is 0 Å². The van der Waals surface area contributed by atoms with Gasteiger partial charge in [0, 0.05) is 6.20 Å². The zero-order chi connectivity index (χ0) is 20.1. The molecular formula is C19H18ClN3O5. The summed E-state index contributed by atoms with van der Waals surface area (Å²) in [6.45, 7) is 1.33. The Morgan fingerprint density at radius 2 is 2.11 bits per heavy atom. The van der Waals surface area contributed by atoms with Gasteiger partial charge in [-0.05, 0) is 31.2 Å². The smallest absolute Gasteiger partial charge is 0.326 e. The minimum absolute atomic E-state index is 0.126. The molecule has 1 aliphatic rings. The van der Waals surface area contributed by atoms with Crippen LogP contribution in [-0.4, -0.2) is 42.0 Å². The predicted molar refractivity (Wildman–Crippen MR) is 102 cm³/mol. The summed E-state index contributed by atoms with van der Waals surface area (Å²) in [6.07, 6.45) is 0.538. The van der Waals surface area contributed by atoms with E-state index in [1.807, 2.05) is 0 Å². The van der Waals surface area contributed by atoms with Gasteiger partial charge in [0.1, 0.15) is 12.3 Å². The maximum Gasteiger partial charge on any atom is 0.326 e. The van der Waals surface area contributed by atoms with Crippen molar-refractivity contribution in [2.75, 3.05) is 23.4 Å². The number of esters is 1. The van der Waals surface area contributed by atoms with Gasteiger partial charge in [-0.3, -0.25) is 19.3 Å². The molecule has 2 heterocycles. The maximum absolute atomic E-state index is 12.3. The molecule has 1 aliphatic heterocycles. The molecule has 0 spiro atoms. The lowest BCUT2D eigenvalue weighted by molar-refractivity contribution is -0.152. The molecule has 1 aromatic carbocycles. The molecule has 2 amide bonds. The van der Waals surface area contributed by atoms with Crippen molar-refractivity contribution in [1.82, 2.24) is 4.98 Å². The lowest BCUT2D eigenvalue weighted by atomic mass is 10.2. The molecule has 3 rings (SSSR count). The number of nitrogens with one attached hydrogen (secondary N) is 1. The van der Waals surface area contributed by atoms with Crippen molar-refractivity contribution in [3.8, 4) is 5.75 Å². The van der Waals surface area contributed by atoms with Crippen molar-refractivity contribution in [3.05, 3.63) is 47.7 Å². The maximum atomic E-state index is 12.3. The fraction of sp³-hybridized carbons (Fsp3) is 0.263. The van der Waals surface area contributed by atoms with Gasteiger partial charge in [-0.25, -0.2) is 4.98 Å². The van der Waals surface area contributed by atoms with E-state index < -0.39 is 18.0 Å². The molecule has 1 atom stereocenters. The topological polar surface area (TPSA) is 97.8 Å². The van der Waals surface area contributed by atoms with E-state index in [1.165, 1.54) is 18.0 Å². The van der Waals surface area contributed by atoms with Gasteiger partial charge in [0.15, 0.2) is 11.3 Å². The fourth-order valence-electron chi connectivity index (χ4n) is 2.62. The van der Waals surface area contributed by atoms with Crippen molar-refractivity contribution in [2.45, 2.75) is 19.4 Å². The summed E-state index contributed by atoms with van der Waals surface area (Å²) in [5.41, 5.74) is 0.798. The number of halogens is 1. The van der Waals surface area contributed by atoms with Crippen molar-refractivity contribution in [3.63, 3.8) is 0 Å². The summed E-state index contributed by atoms with van der Waals surface area (Å²) in [5, 5.41) is 2.67. The molecule has 0 bridgehead atoms. The Kier molecular flexibility index (Phi) is 6.10. The monoisotopic (exact) mass is 403 g/mol. The highest BCUT2D eigenvalue weighted by atomic mass is 35.5. The van der Waals surface area contributed by atoms with Gasteiger partial charge in [-0.1, -0.05) is 23.7 Å². The molecule has 1 N–H and O–H groups in total. The number of nitrogens with zero attached hydrogens (tertiary/aromatic N) is 2. The number of anilines is 2. The number of amides is 2. The van der Waals surface area contributed by atoms with Crippen LogP contribution in [0.3, 0.4) is 0 Å². The number of hydrogen-bond donors (Lipinski definition) is 1. The van der Waals surface area contributed by atoms with Gasteiger partial charge in [-0.2, -0.15) is 0 Å². The van der Waals surface area contributed by atoms with Gasteiger partial charge in [0.2, 0.25) is 5.91 Å². The van der Waals surface area contributed by atoms with Crippen molar-refractivity contribution in [2.24, 2.45) is 0 Å². The van der Waals surface area contributed by atoms with Gasteiger partial charge in [0.25, 0.3) is 5.91 Å². The van der Waals surface area contributed by atoms with Crippen LogP contribution >= 0.6 is 11.6 Å². The van der Waals surface area contributed by atoms with Crippen LogP contribution in [0, 0.1) is 0 Å². The molecule has 0 saturated heterocycles. The molecule has 2 aromatic rings. The summed E-state index contributed by atoms with van der Waals surface area (Å²) in [5.74, 6) is -1.03. The number of benzene rings is 1. The van der Waals surface area contributed by atoms with E-state index in [1.54, 1.807) is 36.4 Å². The number of ether oxygens (including phenoxy) is 2. The fourth-order valence-corrected chi connectivity index (χ4v) is 2.79. The first kappa shape index (κ1) is 19.6. The Hall–Kier alpha value is -3.13. The molecule has 0 aliphatic carbocycles. The second-order valence-corrected chi connectivity index (χ2v) is 6.37. The average molecular weight is 404 g/mol. The lowest BCUT2D eigenvalue weighted by Crippen LogP contribution is -2.39. The van der Waals surface area contributed by atoms with Crippen LogP contribution in [0.15, 0.2) is 42.6 Å². The molecule has 9 heteroatoms. The van der Waals surface area contributed by atoms with Crippen LogP contribution in [0.4, 0.5) is 11.4 Å². The first-order chi connectivity index (χ1) is 13.5. The van der Waals surface area contributed by atoms with Crippen LogP contribution in [0.5, 0.6) is 5.75 Å². The molecule has 8 nitrogen and oxygen atoms in total. The molecule has 146 valence electrons. The molecule has 0 unspecified atom stereocenters. The van der Waals surface area contributed by atoms with Gasteiger partial charge in [0.05, 0.1) is 24.4 Å². The second kappa shape index (κ2) is 8.71. The Bertz CT molecular complexity index is 905. The largest absolute Gasteiger partial charge is 0.491 e. The van der Waals surface area contributed by atoms with Crippen LogP contribution in [-0.2, 0) is 19.1 Å². The standard InChI is InChI=1S/C19H18ClN3O5/c1-12(19(26)22-13-5-4-9-21-18(13)20)28-17(25)11-23-14-6-2-3-7-15(14)27-10-8-16(23)24/h2-7,9,12H,8,10-11H2,1H3,(H,22,26)/t12-/m1/s1. The van der Waals surface area contributed by atoms with Crippen molar-refractivity contribution >= 4 is 40.8 Å². The Balaban J connectivity index is 1.64. The third-order valence-corrected chi connectivity index (χ3v) is 4.31. The van der Waals surface area contributed by atoms with E-state index in [0.29, 0.717) is 17.1 Å². The summed E-state index contributed by atoms with van der Waals surface area (Å²) in [6, 6.07) is 10.1. The number of fused-ring (bicyclic) bond motifs is 1. The van der Waals surface area contributed by atoms with Gasteiger partial charge >= 0.3 is 5.97 Å². The lowest BCUT2D eigenvalue weighted by Gasteiger charge is -2.22. The van der Waals surface area contributed by atoms with Crippen LogP contribution in [0.1, 0.15) is 13.3 Å². The normalized spacial score (nSPS) is 14.4. The third kappa shape index (κ3) is 4.58. The number of hydrogen-bond acceptors (Lipinski definition) is 6. The first-order valence-corrected chi connectivity index (χ1v) is 8.96. The van der Waals surface area contributed by atoms with E-state index in [0.717, 1.165) is 0 Å². The van der Waals surface area contributed by atoms with Crippen LogP contribution in [0.2, 0.25) is 5.15 Å². The highest BCUT2D eigenvalue weighted by Crippen LogP contribution is 2.30.